The summed E-state index contributed by atoms with van der Waals surface area (Å²) in [4.78, 5) is 33.1. The fraction of sp³-hybridized carbons (Fsp3) is 0.364. The van der Waals surface area contributed by atoms with Crippen LogP contribution in [-0.2, 0) is 9.53 Å². The summed E-state index contributed by atoms with van der Waals surface area (Å²) in [5, 5.41) is 2.70. The number of halogens is 1. The number of nitrogens with one attached hydrogen (secondary N) is 1. The quantitative estimate of drug-likeness (QED) is 0.348. The lowest BCUT2D eigenvalue weighted by Crippen LogP contribution is -2.38. The van der Waals surface area contributed by atoms with E-state index < -0.39 is 18.6 Å². The van der Waals surface area contributed by atoms with Crippen molar-refractivity contribution in [2.75, 3.05) is 25.6 Å². The summed E-state index contributed by atoms with van der Waals surface area (Å²) in [6.45, 7) is 2.97. The molecule has 0 aromatic heterocycles. The molecule has 1 aromatic rings. The van der Waals surface area contributed by atoms with E-state index in [2.05, 4.69) is 15.3 Å². The number of nitrogens with zero attached hydrogens (tertiary/aromatic N) is 2. The number of carbonyl (C=O) groups is 2. The molecule has 0 saturated carbocycles. The molecule has 1 aromatic carbocycles. The SMILES string of the molecule is CC/C=C(\C=C(/CF)OC)C1=NCC(CC(N)C(=O)Nc2ccccc2C(C)=O)=N1. The van der Waals surface area contributed by atoms with Gasteiger partial charge in [-0.1, -0.05) is 25.1 Å². The van der Waals surface area contributed by atoms with Crippen LogP contribution in [0, 0.1) is 0 Å². The van der Waals surface area contributed by atoms with Gasteiger partial charge in [0.05, 0.1) is 25.4 Å². The summed E-state index contributed by atoms with van der Waals surface area (Å²) in [6.07, 6.45) is 4.38. The number of hydrogen-bond acceptors (Lipinski definition) is 6. The van der Waals surface area contributed by atoms with Crippen molar-refractivity contribution in [1.29, 1.82) is 0 Å². The van der Waals surface area contributed by atoms with Gasteiger partial charge in [0.15, 0.2) is 11.6 Å². The van der Waals surface area contributed by atoms with Gasteiger partial charge in [-0.05, 0) is 31.6 Å². The number of Topliss-reactive ketones (excluding diaryl/α,β-unsaturated/α-hetero) is 1. The molecule has 0 aliphatic carbocycles. The van der Waals surface area contributed by atoms with E-state index >= 15 is 0 Å². The number of amidine groups is 1. The van der Waals surface area contributed by atoms with Crippen molar-refractivity contribution in [3.63, 3.8) is 0 Å². The standard InChI is InChI=1S/C22H27FN4O3/c1-4-7-15(10-17(12-23)30-3)21-25-13-16(26-21)11-19(24)22(29)27-20-9-6-5-8-18(20)14(2)28/h5-10,19H,4,11-13,24H2,1-3H3,(H,27,29)/b15-7+,17-10+. The molecule has 3 N–H and O–H groups in total. The Labute approximate surface area is 175 Å². The fourth-order valence-corrected chi connectivity index (χ4v) is 2.88. The van der Waals surface area contributed by atoms with Crippen molar-refractivity contribution >= 4 is 28.9 Å². The highest BCUT2D eigenvalue weighted by molar-refractivity contribution is 6.14. The first kappa shape index (κ1) is 23.2. The van der Waals surface area contributed by atoms with Crippen LogP contribution in [0.5, 0.6) is 0 Å². The maximum Gasteiger partial charge on any atom is 0.241 e. The average Bonchev–Trinajstić information content (AvgIpc) is 3.19. The number of aliphatic imine (C=N–C) groups is 2. The van der Waals surface area contributed by atoms with Crippen LogP contribution in [0.3, 0.4) is 0 Å². The molecule has 1 aliphatic rings. The first-order valence-electron chi connectivity index (χ1n) is 9.67. The van der Waals surface area contributed by atoms with Crippen molar-refractivity contribution in [1.82, 2.24) is 0 Å². The predicted octanol–water partition coefficient (Wildman–Crippen LogP) is 3.23. The summed E-state index contributed by atoms with van der Waals surface area (Å²) in [7, 11) is 1.40. The largest absolute Gasteiger partial charge is 0.498 e. The van der Waals surface area contributed by atoms with Crippen LogP contribution < -0.4 is 11.1 Å². The molecule has 160 valence electrons. The lowest BCUT2D eigenvalue weighted by atomic mass is 10.1. The molecule has 0 saturated heterocycles. The van der Waals surface area contributed by atoms with E-state index in [0.29, 0.717) is 34.9 Å². The monoisotopic (exact) mass is 414 g/mol. The molecule has 1 aliphatic heterocycles. The third-order valence-corrected chi connectivity index (χ3v) is 4.42. The van der Waals surface area contributed by atoms with Crippen LogP contribution in [0.2, 0.25) is 0 Å². The van der Waals surface area contributed by atoms with Gasteiger partial charge in [-0.25, -0.2) is 9.38 Å². The highest BCUT2D eigenvalue weighted by atomic mass is 19.1. The number of allylic oxidation sites excluding steroid dienone is 2. The first-order chi connectivity index (χ1) is 14.4. The van der Waals surface area contributed by atoms with Gasteiger partial charge < -0.3 is 15.8 Å². The van der Waals surface area contributed by atoms with E-state index in [4.69, 9.17) is 10.5 Å². The van der Waals surface area contributed by atoms with Gasteiger partial charge >= 0.3 is 0 Å². The molecule has 1 atom stereocenters. The number of nitrogens with two attached hydrogens (primary N) is 1. The summed E-state index contributed by atoms with van der Waals surface area (Å²) in [5.74, 6) is 0.0819. The summed E-state index contributed by atoms with van der Waals surface area (Å²) < 4.78 is 17.9. The van der Waals surface area contributed by atoms with Gasteiger partial charge in [0.25, 0.3) is 0 Å². The molecule has 1 unspecified atom stereocenters. The molecule has 7 nitrogen and oxygen atoms in total. The lowest BCUT2D eigenvalue weighted by Gasteiger charge is -2.13. The Kier molecular flexibility index (Phi) is 8.61. The summed E-state index contributed by atoms with van der Waals surface area (Å²) in [5.41, 5.74) is 8.21. The number of methoxy groups -OCH3 is 1. The van der Waals surface area contributed by atoms with Gasteiger partial charge in [-0.3, -0.25) is 14.6 Å². The highest BCUT2D eigenvalue weighted by Crippen LogP contribution is 2.17. The molecule has 8 heteroatoms. The number of carbonyl (C=O) groups excluding carboxylic acids is 2. The molecule has 0 bridgehead atoms. The van der Waals surface area contributed by atoms with Crippen LogP contribution in [0.15, 0.2) is 57.7 Å². The molecule has 0 radical (unpaired) electrons. The number of anilines is 1. The Hall–Kier alpha value is -3.13. The molecule has 30 heavy (non-hydrogen) atoms. The van der Waals surface area contributed by atoms with Gasteiger partial charge in [0.1, 0.15) is 12.4 Å². The molecule has 1 amide bonds. The molecular weight excluding hydrogens is 387 g/mol. The summed E-state index contributed by atoms with van der Waals surface area (Å²) >= 11 is 0. The van der Waals surface area contributed by atoms with E-state index in [-0.39, 0.29) is 18.0 Å². The highest BCUT2D eigenvalue weighted by Gasteiger charge is 2.21. The first-order valence-corrected chi connectivity index (χ1v) is 9.67. The molecule has 1 heterocycles. The number of alkyl halides is 1. The lowest BCUT2D eigenvalue weighted by molar-refractivity contribution is -0.117. The zero-order valence-corrected chi connectivity index (χ0v) is 17.4. The molecule has 2 rings (SSSR count). The predicted molar refractivity (Wildman–Crippen MR) is 117 cm³/mol. The number of amides is 1. The zero-order chi connectivity index (χ0) is 22.1. The van der Waals surface area contributed by atoms with E-state index in [1.54, 1.807) is 30.3 Å². The number of ether oxygens (including phenoxy) is 1. The second kappa shape index (κ2) is 11.2. The number of para-hydroxylation sites is 1. The van der Waals surface area contributed by atoms with Crippen LogP contribution >= 0.6 is 0 Å². The normalized spacial score (nSPS) is 15.4. The van der Waals surface area contributed by atoms with Crippen molar-refractivity contribution < 1.29 is 18.7 Å². The van der Waals surface area contributed by atoms with Crippen molar-refractivity contribution in [3.8, 4) is 0 Å². The Morgan fingerprint density at radius 1 is 1.37 bits per heavy atom. The van der Waals surface area contributed by atoms with Crippen LogP contribution in [-0.4, -0.2) is 49.6 Å². The number of ketones is 1. The second-order valence-electron chi connectivity index (χ2n) is 6.74. The minimum atomic E-state index is -0.854. The van der Waals surface area contributed by atoms with E-state index in [0.717, 1.165) is 6.42 Å². The van der Waals surface area contributed by atoms with Crippen LogP contribution in [0.4, 0.5) is 10.1 Å². The van der Waals surface area contributed by atoms with E-state index in [1.165, 1.54) is 14.0 Å². The maximum absolute atomic E-state index is 13.0. The third-order valence-electron chi connectivity index (χ3n) is 4.42. The van der Waals surface area contributed by atoms with Crippen LogP contribution in [0.25, 0.3) is 0 Å². The van der Waals surface area contributed by atoms with Gasteiger partial charge in [-0.15, -0.1) is 0 Å². The maximum atomic E-state index is 13.0. The molecule has 0 fully saturated rings. The fourth-order valence-electron chi connectivity index (χ4n) is 2.88. The van der Waals surface area contributed by atoms with Gasteiger partial charge in [-0.2, -0.15) is 0 Å². The van der Waals surface area contributed by atoms with Gasteiger partial charge in [0.2, 0.25) is 5.91 Å². The smallest absolute Gasteiger partial charge is 0.241 e. The molecule has 0 spiro atoms. The van der Waals surface area contributed by atoms with Crippen molar-refractivity contribution in [2.24, 2.45) is 15.7 Å². The van der Waals surface area contributed by atoms with Crippen molar-refractivity contribution in [2.45, 2.75) is 32.7 Å². The van der Waals surface area contributed by atoms with E-state index in [1.807, 2.05) is 13.0 Å². The average molecular weight is 414 g/mol. The van der Waals surface area contributed by atoms with E-state index in [9.17, 15) is 14.0 Å². The van der Waals surface area contributed by atoms with Crippen molar-refractivity contribution in [3.05, 3.63) is 53.3 Å². The summed E-state index contributed by atoms with van der Waals surface area (Å²) in [6, 6.07) is 5.91. The number of hydrogen-bond donors (Lipinski definition) is 2. The Balaban J connectivity index is 2.07. The second-order valence-corrected chi connectivity index (χ2v) is 6.74. The minimum Gasteiger partial charge on any atom is -0.498 e. The Bertz CT molecular complexity index is 913. The minimum absolute atomic E-state index is 0.148. The zero-order valence-electron chi connectivity index (χ0n) is 17.4. The molecular formula is C22H27FN4O3. The third kappa shape index (κ3) is 6.18. The Morgan fingerprint density at radius 2 is 2.10 bits per heavy atom. The Morgan fingerprint density at radius 3 is 2.73 bits per heavy atom. The number of benzene rings is 1. The van der Waals surface area contributed by atoms with Crippen LogP contribution in [0.1, 0.15) is 37.0 Å². The van der Waals surface area contributed by atoms with Gasteiger partial charge in [0, 0.05) is 23.3 Å². The number of rotatable bonds is 10. The topological polar surface area (TPSA) is 106 Å².